The number of amides is 1. The van der Waals surface area contributed by atoms with Crippen molar-refractivity contribution >= 4 is 40.0 Å². The number of rotatable bonds is 6. The number of nitro benzene ring substituents is 1. The van der Waals surface area contributed by atoms with Crippen LogP contribution in [-0.4, -0.2) is 61.7 Å². The summed E-state index contributed by atoms with van der Waals surface area (Å²) in [5, 5.41) is 16.6. The third-order valence-corrected chi connectivity index (χ3v) is 6.85. The Kier molecular flexibility index (Phi) is 6.94. The molecule has 0 unspecified atom stereocenters. The van der Waals surface area contributed by atoms with Gasteiger partial charge in [-0.2, -0.15) is 5.10 Å². The molecule has 1 aliphatic rings. The fourth-order valence-electron chi connectivity index (χ4n) is 4.61. The molecule has 0 atom stereocenters. The van der Waals surface area contributed by atoms with Crippen LogP contribution in [0.3, 0.4) is 0 Å². The van der Waals surface area contributed by atoms with Gasteiger partial charge in [0.05, 0.1) is 32.3 Å². The Bertz CT molecular complexity index is 1530. The van der Waals surface area contributed by atoms with Crippen molar-refractivity contribution in [2.45, 2.75) is 26.7 Å². The highest BCUT2D eigenvalue weighted by Gasteiger charge is 2.28. The zero-order chi connectivity index (χ0) is 27.0. The van der Waals surface area contributed by atoms with Crippen molar-refractivity contribution in [3.8, 4) is 5.69 Å². The fourth-order valence-corrected chi connectivity index (χ4v) is 4.87. The van der Waals surface area contributed by atoms with Crippen molar-refractivity contribution in [2.75, 3.05) is 31.1 Å². The molecule has 12 heteroatoms. The molecule has 38 heavy (non-hydrogen) atoms. The molecule has 0 aliphatic carbocycles. The number of carbonyl (C=O) groups excluding carboxylic acids is 1. The lowest BCUT2D eigenvalue weighted by Gasteiger charge is -2.36. The average Bonchev–Trinajstić information content (AvgIpc) is 3.24. The first-order valence-corrected chi connectivity index (χ1v) is 12.6. The summed E-state index contributed by atoms with van der Waals surface area (Å²) in [6, 6.07) is 9.98. The van der Waals surface area contributed by atoms with Crippen molar-refractivity contribution in [3.05, 3.63) is 80.5 Å². The van der Waals surface area contributed by atoms with Crippen LogP contribution in [0.1, 0.15) is 35.2 Å². The number of hydrogen-bond acceptors (Lipinski definition) is 7. The summed E-state index contributed by atoms with van der Waals surface area (Å²) in [4.78, 5) is 37.0. The van der Waals surface area contributed by atoms with Crippen LogP contribution in [-0.2, 0) is 6.42 Å². The number of piperazine rings is 1. The fraction of sp³-hybridized carbons (Fsp3) is 0.308. The summed E-state index contributed by atoms with van der Waals surface area (Å²) in [6.45, 7) is 5.84. The van der Waals surface area contributed by atoms with Crippen LogP contribution in [0, 0.1) is 22.9 Å². The normalized spacial score (nSPS) is 13.8. The number of fused-ring (bicyclic) bond motifs is 1. The SMILES string of the molecule is CCCc1nc(N2CCN(C(=O)c3ccc([N+](=O)[O-])cc3Cl)CC2)c2c(C)nn(-c3ccc(F)cc3)c2n1. The molecule has 1 saturated heterocycles. The summed E-state index contributed by atoms with van der Waals surface area (Å²) < 4.78 is 15.3. The van der Waals surface area contributed by atoms with Gasteiger partial charge in [0.25, 0.3) is 11.6 Å². The molecule has 3 heterocycles. The van der Waals surface area contributed by atoms with Crippen molar-refractivity contribution in [1.82, 2.24) is 24.6 Å². The summed E-state index contributed by atoms with van der Waals surface area (Å²) in [7, 11) is 0. The molecule has 5 rings (SSSR count). The van der Waals surface area contributed by atoms with E-state index in [9.17, 15) is 19.3 Å². The van der Waals surface area contributed by atoms with Gasteiger partial charge in [-0.1, -0.05) is 18.5 Å². The highest BCUT2D eigenvalue weighted by atomic mass is 35.5. The van der Waals surface area contributed by atoms with Gasteiger partial charge < -0.3 is 9.80 Å². The smallest absolute Gasteiger partial charge is 0.270 e. The number of halogens is 2. The van der Waals surface area contributed by atoms with E-state index in [0.29, 0.717) is 49.8 Å². The summed E-state index contributed by atoms with van der Waals surface area (Å²) in [5.41, 5.74) is 2.17. The number of hydrogen-bond donors (Lipinski definition) is 0. The molecule has 0 bridgehead atoms. The lowest BCUT2D eigenvalue weighted by molar-refractivity contribution is -0.384. The summed E-state index contributed by atoms with van der Waals surface area (Å²) >= 11 is 6.19. The van der Waals surface area contributed by atoms with Crippen LogP contribution in [0.25, 0.3) is 16.7 Å². The van der Waals surface area contributed by atoms with Gasteiger partial charge >= 0.3 is 0 Å². The second-order valence-electron chi connectivity index (χ2n) is 9.09. The van der Waals surface area contributed by atoms with Crippen LogP contribution in [0.15, 0.2) is 42.5 Å². The number of aromatic nitrogens is 4. The molecular formula is C26H25ClFN7O3. The number of anilines is 1. The van der Waals surface area contributed by atoms with Crippen LogP contribution in [0.5, 0.6) is 0 Å². The molecular weight excluding hydrogens is 513 g/mol. The standard InChI is InChI=1S/C26H25ClFN7O3/c1-3-4-22-29-24(23-16(2)31-34(25(23)30-22)18-7-5-17(28)6-8-18)32-11-13-33(14-12-32)26(36)20-10-9-19(35(37)38)15-21(20)27/h5-10,15H,3-4,11-14H2,1-2H3. The second kappa shape index (κ2) is 10.3. The minimum absolute atomic E-state index is 0.0529. The number of nitro groups is 1. The second-order valence-corrected chi connectivity index (χ2v) is 9.49. The molecule has 196 valence electrons. The van der Waals surface area contributed by atoms with Crippen LogP contribution in [0.2, 0.25) is 5.02 Å². The van der Waals surface area contributed by atoms with Gasteiger partial charge in [-0.25, -0.2) is 19.0 Å². The summed E-state index contributed by atoms with van der Waals surface area (Å²) in [6.07, 6.45) is 1.56. The zero-order valence-corrected chi connectivity index (χ0v) is 21.7. The van der Waals surface area contributed by atoms with E-state index in [1.165, 1.54) is 30.3 Å². The first-order chi connectivity index (χ1) is 18.3. The minimum Gasteiger partial charge on any atom is -0.352 e. The quantitative estimate of drug-likeness (QED) is 0.258. The van der Waals surface area contributed by atoms with Crippen LogP contribution < -0.4 is 4.90 Å². The molecule has 10 nitrogen and oxygen atoms in total. The Morgan fingerprint density at radius 2 is 1.82 bits per heavy atom. The van der Waals surface area contributed by atoms with E-state index in [1.54, 1.807) is 21.7 Å². The van der Waals surface area contributed by atoms with E-state index >= 15 is 0 Å². The maximum atomic E-state index is 13.5. The molecule has 0 saturated carbocycles. The molecule has 2 aromatic carbocycles. The molecule has 1 amide bonds. The highest BCUT2D eigenvalue weighted by molar-refractivity contribution is 6.34. The summed E-state index contributed by atoms with van der Waals surface area (Å²) in [5.74, 6) is 0.843. The van der Waals surface area contributed by atoms with E-state index < -0.39 is 4.92 Å². The van der Waals surface area contributed by atoms with Crippen molar-refractivity contribution < 1.29 is 14.1 Å². The Hall–Kier alpha value is -4.12. The number of nitrogens with zero attached hydrogens (tertiary/aromatic N) is 7. The first kappa shape index (κ1) is 25.5. The molecule has 0 spiro atoms. The third-order valence-electron chi connectivity index (χ3n) is 6.53. The Morgan fingerprint density at radius 3 is 2.45 bits per heavy atom. The van der Waals surface area contributed by atoms with Gasteiger partial charge in [0.1, 0.15) is 17.5 Å². The molecule has 1 fully saturated rings. The molecule has 4 aromatic rings. The monoisotopic (exact) mass is 537 g/mol. The van der Waals surface area contributed by atoms with E-state index in [4.69, 9.17) is 26.7 Å². The molecule has 0 radical (unpaired) electrons. The maximum Gasteiger partial charge on any atom is 0.270 e. The van der Waals surface area contributed by atoms with Crippen LogP contribution >= 0.6 is 11.6 Å². The van der Waals surface area contributed by atoms with E-state index in [-0.39, 0.29) is 28.0 Å². The van der Waals surface area contributed by atoms with Crippen LogP contribution in [0.4, 0.5) is 15.9 Å². The van der Waals surface area contributed by atoms with Gasteiger partial charge in [0, 0.05) is 44.7 Å². The third kappa shape index (κ3) is 4.76. The number of benzene rings is 2. The predicted molar refractivity (Wildman–Crippen MR) is 142 cm³/mol. The topological polar surface area (TPSA) is 110 Å². The van der Waals surface area contributed by atoms with Gasteiger partial charge in [-0.3, -0.25) is 14.9 Å². The van der Waals surface area contributed by atoms with Gasteiger partial charge in [0.15, 0.2) is 5.65 Å². The Labute approximate surface area is 222 Å². The minimum atomic E-state index is -0.547. The van der Waals surface area contributed by atoms with Gasteiger partial charge in [-0.15, -0.1) is 0 Å². The average molecular weight is 538 g/mol. The van der Waals surface area contributed by atoms with E-state index in [0.717, 1.165) is 23.3 Å². The molecule has 0 N–H and O–H groups in total. The number of non-ortho nitro benzene ring substituents is 1. The number of aryl methyl sites for hydroxylation is 2. The largest absolute Gasteiger partial charge is 0.352 e. The predicted octanol–water partition coefficient (Wildman–Crippen LogP) is 4.74. The van der Waals surface area contributed by atoms with Crippen molar-refractivity contribution in [1.29, 1.82) is 0 Å². The Balaban J connectivity index is 1.44. The van der Waals surface area contributed by atoms with Gasteiger partial charge in [-0.05, 0) is 43.7 Å². The van der Waals surface area contributed by atoms with E-state index in [2.05, 4.69) is 11.8 Å². The van der Waals surface area contributed by atoms with Crippen molar-refractivity contribution in [3.63, 3.8) is 0 Å². The molecule has 1 aliphatic heterocycles. The van der Waals surface area contributed by atoms with Crippen molar-refractivity contribution in [2.24, 2.45) is 0 Å². The number of carbonyl (C=O) groups is 1. The lowest BCUT2D eigenvalue weighted by Crippen LogP contribution is -2.49. The Morgan fingerprint density at radius 1 is 1.11 bits per heavy atom. The lowest BCUT2D eigenvalue weighted by atomic mass is 10.1. The maximum absolute atomic E-state index is 13.5. The van der Waals surface area contributed by atoms with E-state index in [1.807, 2.05) is 6.92 Å². The molecule has 2 aromatic heterocycles. The highest BCUT2D eigenvalue weighted by Crippen LogP contribution is 2.31. The van der Waals surface area contributed by atoms with Gasteiger partial charge in [0.2, 0.25) is 0 Å². The zero-order valence-electron chi connectivity index (χ0n) is 20.9. The first-order valence-electron chi connectivity index (χ1n) is 12.3.